The maximum absolute atomic E-state index is 10.8. The Labute approximate surface area is 152 Å². The van der Waals surface area contributed by atoms with Gasteiger partial charge in [-0.25, -0.2) is 9.50 Å². The minimum Gasteiger partial charge on any atom is -0.391 e. The Morgan fingerprint density at radius 3 is 2.77 bits per heavy atom. The van der Waals surface area contributed by atoms with Gasteiger partial charge in [-0.2, -0.15) is 5.10 Å². The van der Waals surface area contributed by atoms with Gasteiger partial charge in [0.2, 0.25) is 0 Å². The lowest BCUT2D eigenvalue weighted by Crippen LogP contribution is -2.27. The third-order valence-corrected chi connectivity index (χ3v) is 4.42. The number of anilines is 1. The van der Waals surface area contributed by atoms with Crippen LogP contribution < -0.4 is 5.73 Å². The topological polar surface area (TPSA) is 106 Å². The summed E-state index contributed by atoms with van der Waals surface area (Å²) in [5.41, 5.74) is 6.99. The molecule has 0 radical (unpaired) electrons. The number of aliphatic hydroxyl groups excluding tert-OH is 1. The van der Waals surface area contributed by atoms with Crippen molar-refractivity contribution in [2.45, 2.75) is 38.1 Å². The van der Waals surface area contributed by atoms with Crippen LogP contribution in [0, 0.1) is 0 Å². The average molecular weight is 356 g/mol. The first kappa shape index (κ1) is 18.3. The largest absolute Gasteiger partial charge is 0.391 e. The minimum atomic E-state index is -1.16. The van der Waals surface area contributed by atoms with E-state index >= 15 is 0 Å². The summed E-state index contributed by atoms with van der Waals surface area (Å²) >= 11 is 0. The molecule has 0 spiro atoms. The maximum atomic E-state index is 10.8. The number of hydrogen-bond acceptors (Lipinski definition) is 6. The summed E-state index contributed by atoms with van der Waals surface area (Å²) in [5, 5.41) is 25.2. The fraction of sp³-hybridized carbons (Fsp3) is 0.368. The fourth-order valence-electron chi connectivity index (χ4n) is 2.91. The van der Waals surface area contributed by atoms with Crippen molar-refractivity contribution in [3.8, 4) is 0 Å². The monoisotopic (exact) mass is 356 g/mol. The highest BCUT2D eigenvalue weighted by Crippen LogP contribution is 2.28. The summed E-state index contributed by atoms with van der Waals surface area (Å²) in [4.78, 5) is 3.94. The van der Waals surface area contributed by atoms with Crippen molar-refractivity contribution >= 4 is 11.3 Å². The van der Waals surface area contributed by atoms with Gasteiger partial charge in [-0.15, -0.1) is 0 Å². The molecule has 1 aromatic carbocycles. The lowest BCUT2D eigenvalue weighted by atomic mass is 9.94. The van der Waals surface area contributed by atoms with Crippen molar-refractivity contribution in [3.63, 3.8) is 0 Å². The van der Waals surface area contributed by atoms with E-state index in [1.54, 1.807) is 23.6 Å². The van der Waals surface area contributed by atoms with Crippen molar-refractivity contribution < 1.29 is 14.9 Å². The fourth-order valence-corrected chi connectivity index (χ4v) is 2.91. The van der Waals surface area contributed by atoms with Crippen LogP contribution in [0.4, 0.5) is 5.82 Å². The van der Waals surface area contributed by atoms with Crippen LogP contribution in [0.25, 0.3) is 5.52 Å². The first-order chi connectivity index (χ1) is 12.5. The van der Waals surface area contributed by atoms with Crippen LogP contribution in [0.2, 0.25) is 0 Å². The van der Waals surface area contributed by atoms with Crippen molar-refractivity contribution in [3.05, 3.63) is 60.0 Å². The van der Waals surface area contributed by atoms with E-state index in [9.17, 15) is 10.2 Å². The summed E-state index contributed by atoms with van der Waals surface area (Å²) in [6, 6.07) is 13.3. The summed E-state index contributed by atoms with van der Waals surface area (Å²) in [5.74, 6) is 0.358. The first-order valence-corrected chi connectivity index (χ1v) is 8.58. The Bertz CT molecular complexity index is 848. The van der Waals surface area contributed by atoms with E-state index in [1.165, 1.54) is 6.33 Å². The molecule has 0 aliphatic rings. The molecular formula is C19H24N4O3. The quantitative estimate of drug-likeness (QED) is 0.569. The zero-order valence-electron chi connectivity index (χ0n) is 14.7. The molecule has 7 heteroatoms. The second-order valence-electron chi connectivity index (χ2n) is 6.63. The molecular weight excluding hydrogens is 332 g/mol. The van der Waals surface area contributed by atoms with Gasteiger partial charge in [-0.1, -0.05) is 30.3 Å². The lowest BCUT2D eigenvalue weighted by molar-refractivity contribution is -0.00666. The second kappa shape index (κ2) is 7.82. The van der Waals surface area contributed by atoms with Gasteiger partial charge in [0.05, 0.1) is 25.0 Å². The number of aromatic nitrogens is 3. The number of benzene rings is 1. The van der Waals surface area contributed by atoms with Gasteiger partial charge in [-0.3, -0.25) is 0 Å². The van der Waals surface area contributed by atoms with Gasteiger partial charge in [-0.05, 0) is 37.5 Å². The number of fused-ring (bicyclic) bond motifs is 1. The number of nitrogen functional groups attached to an aromatic ring is 1. The van der Waals surface area contributed by atoms with Crippen LogP contribution in [-0.2, 0) is 16.9 Å². The number of nitrogens with zero attached hydrogens (tertiary/aromatic N) is 3. The Kier molecular flexibility index (Phi) is 5.51. The number of nitrogens with two attached hydrogens (primary N) is 1. The van der Waals surface area contributed by atoms with Crippen LogP contribution in [-0.4, -0.2) is 37.5 Å². The molecule has 0 aliphatic carbocycles. The van der Waals surface area contributed by atoms with Crippen LogP contribution >= 0.6 is 0 Å². The van der Waals surface area contributed by atoms with Crippen LogP contribution in [0.5, 0.6) is 0 Å². The van der Waals surface area contributed by atoms with Gasteiger partial charge in [0, 0.05) is 0 Å². The van der Waals surface area contributed by atoms with Crippen molar-refractivity contribution in [2.75, 3.05) is 12.3 Å². The molecule has 138 valence electrons. The van der Waals surface area contributed by atoms with E-state index in [2.05, 4.69) is 10.1 Å². The summed E-state index contributed by atoms with van der Waals surface area (Å²) in [7, 11) is 0. The third kappa shape index (κ3) is 4.19. The molecule has 2 aromatic heterocycles. The summed E-state index contributed by atoms with van der Waals surface area (Å²) in [6.07, 6.45) is 1.46. The molecule has 0 bridgehead atoms. The summed E-state index contributed by atoms with van der Waals surface area (Å²) in [6.45, 7) is 2.37. The molecule has 0 aliphatic heterocycles. The van der Waals surface area contributed by atoms with Crippen LogP contribution in [0.1, 0.15) is 31.0 Å². The molecule has 0 amide bonds. The van der Waals surface area contributed by atoms with Crippen molar-refractivity contribution in [1.29, 1.82) is 0 Å². The van der Waals surface area contributed by atoms with E-state index in [4.69, 9.17) is 10.5 Å². The van der Waals surface area contributed by atoms with Gasteiger partial charge in [0.1, 0.15) is 17.4 Å². The van der Waals surface area contributed by atoms with Gasteiger partial charge in [0.15, 0.2) is 5.82 Å². The Morgan fingerprint density at radius 1 is 1.23 bits per heavy atom. The number of hydrogen-bond donors (Lipinski definition) is 3. The molecule has 4 N–H and O–H groups in total. The highest BCUT2D eigenvalue weighted by Gasteiger charge is 2.28. The molecule has 1 unspecified atom stereocenters. The Morgan fingerprint density at radius 2 is 2.00 bits per heavy atom. The summed E-state index contributed by atoms with van der Waals surface area (Å²) < 4.78 is 7.13. The predicted octanol–water partition coefficient (Wildman–Crippen LogP) is 1.88. The van der Waals surface area contributed by atoms with E-state index in [0.29, 0.717) is 36.5 Å². The predicted molar refractivity (Wildman–Crippen MR) is 98.3 cm³/mol. The molecule has 2 atom stereocenters. The first-order valence-electron chi connectivity index (χ1n) is 8.58. The smallest absolute Gasteiger partial charge is 0.151 e. The molecule has 7 nitrogen and oxygen atoms in total. The lowest BCUT2D eigenvalue weighted by Gasteiger charge is -2.24. The second-order valence-corrected chi connectivity index (χ2v) is 6.63. The van der Waals surface area contributed by atoms with E-state index in [-0.39, 0.29) is 6.61 Å². The molecule has 3 aromatic rings. The van der Waals surface area contributed by atoms with E-state index < -0.39 is 11.7 Å². The van der Waals surface area contributed by atoms with Crippen LogP contribution in [0.15, 0.2) is 48.8 Å². The molecule has 0 saturated heterocycles. The zero-order chi connectivity index (χ0) is 18.6. The average Bonchev–Trinajstić information content (AvgIpc) is 3.07. The number of rotatable bonds is 8. The van der Waals surface area contributed by atoms with Gasteiger partial charge in [0.25, 0.3) is 0 Å². The number of aliphatic hydroxyl groups is 2. The highest BCUT2D eigenvalue weighted by molar-refractivity contribution is 5.65. The normalized spacial score (nSPS) is 15.0. The van der Waals surface area contributed by atoms with Gasteiger partial charge >= 0.3 is 0 Å². The SMILES string of the molecule is CC(O)(CC[C@H](O)COCc1ccccc1)c1ccc2c(N)ncnn12. The highest BCUT2D eigenvalue weighted by atomic mass is 16.5. The molecule has 2 heterocycles. The van der Waals surface area contributed by atoms with Crippen molar-refractivity contribution in [2.24, 2.45) is 0 Å². The molecule has 0 saturated carbocycles. The Hall–Kier alpha value is -2.48. The molecule has 0 fully saturated rings. The zero-order valence-corrected chi connectivity index (χ0v) is 14.7. The van der Waals surface area contributed by atoms with Gasteiger partial charge < -0.3 is 20.7 Å². The van der Waals surface area contributed by atoms with Crippen LogP contribution in [0.3, 0.4) is 0 Å². The maximum Gasteiger partial charge on any atom is 0.151 e. The minimum absolute atomic E-state index is 0.217. The standard InChI is InChI=1S/C19H24N4O3/c1-19(25,17-8-7-16-18(20)21-13-22-23(16)17)10-9-15(24)12-26-11-14-5-3-2-4-6-14/h2-8,13,15,24-25H,9-12H2,1H3,(H2,20,21,22)/t15-,19?/m0/s1. The molecule has 26 heavy (non-hydrogen) atoms. The molecule has 3 rings (SSSR count). The Balaban J connectivity index is 1.54. The van der Waals surface area contributed by atoms with E-state index in [1.807, 2.05) is 30.3 Å². The van der Waals surface area contributed by atoms with Crippen molar-refractivity contribution in [1.82, 2.24) is 14.6 Å². The number of ether oxygens (including phenoxy) is 1. The van der Waals surface area contributed by atoms with E-state index in [0.717, 1.165) is 5.56 Å². The third-order valence-electron chi connectivity index (χ3n) is 4.42.